The molecule has 0 amide bonds. The summed E-state index contributed by atoms with van der Waals surface area (Å²) in [6, 6.07) is 5.33. The number of nitrogens with two attached hydrogens (primary N) is 1. The Hall–Kier alpha value is -2.08. The van der Waals surface area contributed by atoms with Gasteiger partial charge in [-0.15, -0.1) is 0 Å². The van der Waals surface area contributed by atoms with Crippen molar-refractivity contribution in [2.24, 2.45) is 0 Å². The van der Waals surface area contributed by atoms with Gasteiger partial charge in [-0.2, -0.15) is 4.98 Å². The summed E-state index contributed by atoms with van der Waals surface area (Å²) in [6.07, 6.45) is 0.748. The molecule has 1 atom stereocenters. The second-order valence-corrected chi connectivity index (χ2v) is 4.89. The summed E-state index contributed by atoms with van der Waals surface area (Å²) in [5, 5.41) is 4.04. The predicted molar refractivity (Wildman–Crippen MR) is 80.0 cm³/mol. The molecule has 2 aromatic rings. The van der Waals surface area contributed by atoms with Gasteiger partial charge in [0.05, 0.1) is 12.7 Å². The van der Waals surface area contributed by atoms with Gasteiger partial charge in [0, 0.05) is 18.4 Å². The van der Waals surface area contributed by atoms with E-state index in [4.69, 9.17) is 19.7 Å². The number of ether oxygens (including phenoxy) is 2. The molecule has 1 heterocycles. The first-order chi connectivity index (χ1) is 10.0. The summed E-state index contributed by atoms with van der Waals surface area (Å²) in [5.74, 6) is 1.59. The van der Waals surface area contributed by atoms with Crippen LogP contribution < -0.4 is 10.5 Å². The van der Waals surface area contributed by atoms with Crippen molar-refractivity contribution in [1.29, 1.82) is 0 Å². The average molecular weight is 291 g/mol. The van der Waals surface area contributed by atoms with Crippen LogP contribution in [0.4, 0.5) is 5.69 Å². The monoisotopic (exact) mass is 291 g/mol. The van der Waals surface area contributed by atoms with Crippen molar-refractivity contribution in [2.75, 3.05) is 19.5 Å². The van der Waals surface area contributed by atoms with E-state index in [1.807, 2.05) is 20.8 Å². The molecule has 114 valence electrons. The molecule has 0 aliphatic rings. The number of benzene rings is 1. The summed E-state index contributed by atoms with van der Waals surface area (Å²) in [7, 11) is 1.59. The third-order valence-corrected chi connectivity index (χ3v) is 3.53. The van der Waals surface area contributed by atoms with Gasteiger partial charge in [0.15, 0.2) is 0 Å². The highest BCUT2D eigenvalue weighted by atomic mass is 16.5. The van der Waals surface area contributed by atoms with Crippen molar-refractivity contribution in [3.05, 3.63) is 24.0 Å². The fraction of sp³-hybridized carbons (Fsp3) is 0.467. The number of nitrogen functional groups attached to an aromatic ring is 1. The van der Waals surface area contributed by atoms with Crippen molar-refractivity contribution < 1.29 is 14.0 Å². The number of methoxy groups -OCH3 is 1. The molecule has 0 aliphatic heterocycles. The quantitative estimate of drug-likeness (QED) is 0.824. The minimum absolute atomic E-state index is 0.379. The number of hydrogen-bond acceptors (Lipinski definition) is 6. The predicted octanol–water partition coefficient (Wildman–Crippen LogP) is 2.99. The van der Waals surface area contributed by atoms with E-state index in [-0.39, 0.29) is 0 Å². The summed E-state index contributed by atoms with van der Waals surface area (Å²) in [5.41, 5.74) is 6.65. The number of rotatable bonds is 6. The minimum atomic E-state index is -0.558. The molecule has 2 N–H and O–H groups in total. The van der Waals surface area contributed by atoms with Gasteiger partial charge in [0.25, 0.3) is 5.89 Å². The molecule has 21 heavy (non-hydrogen) atoms. The SMILES string of the molecule is CCOC(C)(CC)c1noc(-c2ccc(OC)cc2N)n1. The molecule has 1 aromatic heterocycles. The van der Waals surface area contributed by atoms with Gasteiger partial charge in [0.1, 0.15) is 11.4 Å². The molecule has 0 fully saturated rings. The molecule has 2 rings (SSSR count). The van der Waals surface area contributed by atoms with Gasteiger partial charge in [-0.3, -0.25) is 0 Å². The van der Waals surface area contributed by atoms with Crippen LogP contribution in [0.1, 0.15) is 33.0 Å². The minimum Gasteiger partial charge on any atom is -0.497 e. The zero-order valence-electron chi connectivity index (χ0n) is 12.8. The van der Waals surface area contributed by atoms with Crippen LogP contribution >= 0.6 is 0 Å². The third-order valence-electron chi connectivity index (χ3n) is 3.53. The van der Waals surface area contributed by atoms with Crippen LogP contribution in [-0.2, 0) is 10.3 Å². The van der Waals surface area contributed by atoms with E-state index in [1.54, 1.807) is 25.3 Å². The highest BCUT2D eigenvalue weighted by Gasteiger charge is 2.31. The Morgan fingerprint density at radius 3 is 2.67 bits per heavy atom. The smallest absolute Gasteiger partial charge is 0.260 e. The maximum Gasteiger partial charge on any atom is 0.260 e. The van der Waals surface area contributed by atoms with E-state index >= 15 is 0 Å². The molecule has 0 radical (unpaired) electrons. The van der Waals surface area contributed by atoms with Crippen molar-refractivity contribution in [3.8, 4) is 17.2 Å². The second kappa shape index (κ2) is 6.13. The number of nitrogens with zero attached hydrogens (tertiary/aromatic N) is 2. The summed E-state index contributed by atoms with van der Waals surface area (Å²) >= 11 is 0. The highest BCUT2D eigenvalue weighted by Crippen LogP contribution is 2.32. The van der Waals surface area contributed by atoms with Crippen molar-refractivity contribution in [1.82, 2.24) is 10.1 Å². The van der Waals surface area contributed by atoms with E-state index in [2.05, 4.69) is 10.1 Å². The Morgan fingerprint density at radius 2 is 2.10 bits per heavy atom. The van der Waals surface area contributed by atoms with Crippen LogP contribution in [0.3, 0.4) is 0 Å². The Morgan fingerprint density at radius 1 is 1.33 bits per heavy atom. The van der Waals surface area contributed by atoms with Gasteiger partial charge in [0.2, 0.25) is 5.82 Å². The van der Waals surface area contributed by atoms with Crippen molar-refractivity contribution in [3.63, 3.8) is 0 Å². The van der Waals surface area contributed by atoms with E-state index < -0.39 is 5.60 Å². The topological polar surface area (TPSA) is 83.4 Å². The van der Waals surface area contributed by atoms with Crippen molar-refractivity contribution >= 4 is 5.69 Å². The standard InChI is InChI=1S/C15H21N3O3/c1-5-15(3,20-6-2)14-17-13(21-18-14)11-8-7-10(19-4)9-12(11)16/h7-9H,5-6,16H2,1-4H3. The fourth-order valence-electron chi connectivity index (χ4n) is 2.05. The molecular formula is C15H21N3O3. The second-order valence-electron chi connectivity index (χ2n) is 4.89. The first kappa shape index (κ1) is 15.3. The Kier molecular flexibility index (Phi) is 4.47. The number of anilines is 1. The molecule has 6 heteroatoms. The molecule has 0 aliphatic carbocycles. The molecule has 0 spiro atoms. The van der Waals surface area contributed by atoms with E-state index in [0.717, 1.165) is 6.42 Å². The highest BCUT2D eigenvalue weighted by molar-refractivity contribution is 5.71. The first-order valence-corrected chi connectivity index (χ1v) is 6.96. The maximum atomic E-state index is 6.00. The lowest BCUT2D eigenvalue weighted by atomic mass is 10.0. The Labute approximate surface area is 124 Å². The van der Waals surface area contributed by atoms with E-state index in [0.29, 0.717) is 35.3 Å². The molecule has 1 aromatic carbocycles. The van der Waals surface area contributed by atoms with E-state index in [1.165, 1.54) is 0 Å². The summed E-state index contributed by atoms with van der Waals surface area (Å²) < 4.78 is 16.2. The van der Waals surface area contributed by atoms with Crippen LogP contribution in [0.2, 0.25) is 0 Å². The van der Waals surface area contributed by atoms with Gasteiger partial charge < -0.3 is 19.7 Å². The van der Waals surface area contributed by atoms with Crippen LogP contribution in [0.15, 0.2) is 22.7 Å². The largest absolute Gasteiger partial charge is 0.497 e. The zero-order valence-corrected chi connectivity index (χ0v) is 12.8. The Bertz CT molecular complexity index is 612. The lowest BCUT2D eigenvalue weighted by molar-refractivity contribution is -0.0403. The van der Waals surface area contributed by atoms with Crippen LogP contribution in [0.25, 0.3) is 11.5 Å². The lowest BCUT2D eigenvalue weighted by Crippen LogP contribution is -2.26. The normalized spacial score (nSPS) is 13.9. The maximum absolute atomic E-state index is 6.00. The fourth-order valence-corrected chi connectivity index (χ4v) is 2.05. The number of hydrogen-bond donors (Lipinski definition) is 1. The molecule has 0 bridgehead atoms. The number of aromatic nitrogens is 2. The van der Waals surface area contributed by atoms with Crippen LogP contribution in [0.5, 0.6) is 5.75 Å². The van der Waals surface area contributed by atoms with E-state index in [9.17, 15) is 0 Å². The van der Waals surface area contributed by atoms with Gasteiger partial charge >= 0.3 is 0 Å². The molecule has 1 unspecified atom stereocenters. The molecule has 6 nitrogen and oxygen atoms in total. The van der Waals surface area contributed by atoms with Gasteiger partial charge in [-0.1, -0.05) is 12.1 Å². The van der Waals surface area contributed by atoms with Crippen molar-refractivity contribution in [2.45, 2.75) is 32.8 Å². The summed E-state index contributed by atoms with van der Waals surface area (Å²) in [6.45, 7) is 6.49. The van der Waals surface area contributed by atoms with Gasteiger partial charge in [-0.25, -0.2) is 0 Å². The molecule has 0 saturated heterocycles. The van der Waals surface area contributed by atoms with Gasteiger partial charge in [-0.05, 0) is 32.4 Å². The Balaban J connectivity index is 2.35. The average Bonchev–Trinajstić information content (AvgIpc) is 2.97. The molecular weight excluding hydrogens is 270 g/mol. The van der Waals surface area contributed by atoms with Crippen LogP contribution in [-0.4, -0.2) is 23.9 Å². The first-order valence-electron chi connectivity index (χ1n) is 6.96. The van der Waals surface area contributed by atoms with Crippen LogP contribution in [0, 0.1) is 0 Å². The lowest BCUT2D eigenvalue weighted by Gasteiger charge is -2.23. The molecule has 0 saturated carbocycles. The zero-order chi connectivity index (χ0) is 15.5. The summed E-state index contributed by atoms with van der Waals surface area (Å²) in [4.78, 5) is 4.43. The third kappa shape index (κ3) is 3.00.